The largest absolute Gasteiger partial charge is 0.342 e. The highest BCUT2D eigenvalue weighted by Crippen LogP contribution is 2.15. The Kier molecular flexibility index (Phi) is 3.92. The van der Waals surface area contributed by atoms with Gasteiger partial charge in [-0.15, -0.1) is 0 Å². The fourth-order valence-corrected chi connectivity index (χ4v) is 2.06. The van der Waals surface area contributed by atoms with Crippen molar-refractivity contribution in [2.45, 2.75) is 19.8 Å². The molecule has 0 radical (unpaired) electrons. The number of piperidine rings is 1. The van der Waals surface area contributed by atoms with Gasteiger partial charge in [-0.3, -0.25) is 4.79 Å². The summed E-state index contributed by atoms with van der Waals surface area (Å²) < 4.78 is 0. The molecule has 0 aromatic heterocycles. The molecule has 1 rings (SSSR count). The first-order valence-corrected chi connectivity index (χ1v) is 5.90. The summed E-state index contributed by atoms with van der Waals surface area (Å²) in [6.07, 6.45) is 4.44. The maximum absolute atomic E-state index is 11.4. The fourth-order valence-electron chi connectivity index (χ4n) is 1.63. The molecule has 12 heavy (non-hydrogen) atoms. The molecule has 1 aliphatic heterocycles. The van der Waals surface area contributed by atoms with Crippen molar-refractivity contribution in [3.63, 3.8) is 0 Å². The number of carbonyl (C=O) groups excluding carboxylic acids is 1. The first-order chi connectivity index (χ1) is 5.74. The molecule has 1 amide bonds. The first-order valence-electron chi connectivity index (χ1n) is 4.50. The third kappa shape index (κ3) is 2.70. The fraction of sp³-hybridized carbons (Fsp3) is 0.889. The first kappa shape index (κ1) is 9.90. The quantitative estimate of drug-likeness (QED) is 0.654. The molecule has 0 saturated carbocycles. The van der Waals surface area contributed by atoms with Crippen LogP contribution in [0.4, 0.5) is 0 Å². The van der Waals surface area contributed by atoms with Gasteiger partial charge in [-0.2, -0.15) is 11.8 Å². The van der Waals surface area contributed by atoms with Crippen LogP contribution in [0.15, 0.2) is 0 Å². The predicted molar refractivity (Wildman–Crippen MR) is 53.4 cm³/mol. The maximum Gasteiger partial charge on any atom is 0.232 e. The standard InChI is InChI=1S/C9H17NOS/c1-8-4-3-5-10(6-8)9(11)7-12-2/h8H,3-7H2,1-2H3. The van der Waals surface area contributed by atoms with Gasteiger partial charge in [0.25, 0.3) is 0 Å². The summed E-state index contributed by atoms with van der Waals surface area (Å²) in [5.74, 6) is 1.66. The van der Waals surface area contributed by atoms with Crippen molar-refractivity contribution < 1.29 is 4.79 Å². The average Bonchev–Trinajstić information content (AvgIpc) is 2.05. The van der Waals surface area contributed by atoms with E-state index in [4.69, 9.17) is 0 Å². The Bertz CT molecular complexity index is 161. The molecule has 0 bridgehead atoms. The topological polar surface area (TPSA) is 20.3 Å². The van der Waals surface area contributed by atoms with Gasteiger partial charge in [0.05, 0.1) is 5.75 Å². The van der Waals surface area contributed by atoms with Crippen LogP contribution in [0.1, 0.15) is 19.8 Å². The minimum atomic E-state index is 0.314. The number of thioether (sulfide) groups is 1. The smallest absolute Gasteiger partial charge is 0.232 e. The Morgan fingerprint density at radius 3 is 3.00 bits per heavy atom. The molecular weight excluding hydrogens is 170 g/mol. The number of amides is 1. The molecule has 0 aromatic carbocycles. The van der Waals surface area contributed by atoms with E-state index in [2.05, 4.69) is 6.92 Å². The Morgan fingerprint density at radius 1 is 1.67 bits per heavy atom. The van der Waals surface area contributed by atoms with Crippen LogP contribution in [0.25, 0.3) is 0 Å². The number of hydrogen-bond donors (Lipinski definition) is 0. The zero-order chi connectivity index (χ0) is 8.97. The summed E-state index contributed by atoms with van der Waals surface area (Å²) in [7, 11) is 0. The van der Waals surface area contributed by atoms with E-state index in [9.17, 15) is 4.79 Å². The zero-order valence-corrected chi connectivity index (χ0v) is 8.69. The molecule has 1 saturated heterocycles. The third-order valence-corrected chi connectivity index (χ3v) is 2.81. The average molecular weight is 187 g/mol. The van der Waals surface area contributed by atoms with Crippen LogP contribution in [0.5, 0.6) is 0 Å². The van der Waals surface area contributed by atoms with E-state index in [1.165, 1.54) is 12.8 Å². The zero-order valence-electron chi connectivity index (χ0n) is 7.88. The van der Waals surface area contributed by atoms with Crippen LogP contribution in [0.2, 0.25) is 0 Å². The lowest BCUT2D eigenvalue weighted by molar-refractivity contribution is -0.129. The van der Waals surface area contributed by atoms with Crippen molar-refractivity contribution in [1.82, 2.24) is 4.90 Å². The van der Waals surface area contributed by atoms with E-state index in [0.717, 1.165) is 13.1 Å². The van der Waals surface area contributed by atoms with Crippen LogP contribution in [0, 0.1) is 5.92 Å². The molecule has 0 aliphatic carbocycles. The molecule has 2 nitrogen and oxygen atoms in total. The highest BCUT2D eigenvalue weighted by Gasteiger charge is 2.19. The highest BCUT2D eigenvalue weighted by atomic mass is 32.2. The predicted octanol–water partition coefficient (Wildman–Crippen LogP) is 1.61. The summed E-state index contributed by atoms with van der Waals surface area (Å²) in [4.78, 5) is 13.5. The molecule has 0 N–H and O–H groups in total. The lowest BCUT2D eigenvalue weighted by Crippen LogP contribution is -2.40. The van der Waals surface area contributed by atoms with E-state index in [1.807, 2.05) is 11.2 Å². The van der Waals surface area contributed by atoms with Gasteiger partial charge in [-0.25, -0.2) is 0 Å². The van der Waals surface area contributed by atoms with Crippen LogP contribution < -0.4 is 0 Å². The summed E-state index contributed by atoms with van der Waals surface area (Å²) in [5, 5.41) is 0. The number of likely N-dealkylation sites (tertiary alicyclic amines) is 1. The van der Waals surface area contributed by atoms with E-state index >= 15 is 0 Å². The van der Waals surface area contributed by atoms with Crippen molar-refractivity contribution in [3.05, 3.63) is 0 Å². The second-order valence-corrected chi connectivity index (χ2v) is 4.39. The molecular formula is C9H17NOS. The van der Waals surface area contributed by atoms with Gasteiger partial charge < -0.3 is 4.90 Å². The summed E-state index contributed by atoms with van der Waals surface area (Å²) in [6.45, 7) is 4.17. The number of rotatable bonds is 2. The normalized spacial score (nSPS) is 24.2. The monoisotopic (exact) mass is 187 g/mol. The van der Waals surface area contributed by atoms with Gasteiger partial charge in [0.1, 0.15) is 0 Å². The maximum atomic E-state index is 11.4. The van der Waals surface area contributed by atoms with Crippen LogP contribution >= 0.6 is 11.8 Å². The summed E-state index contributed by atoms with van der Waals surface area (Å²) in [5.41, 5.74) is 0. The van der Waals surface area contributed by atoms with E-state index in [0.29, 0.717) is 17.6 Å². The molecule has 1 fully saturated rings. The number of hydrogen-bond acceptors (Lipinski definition) is 2. The third-order valence-electron chi connectivity index (χ3n) is 2.28. The van der Waals surface area contributed by atoms with Crippen LogP contribution in [-0.2, 0) is 4.79 Å². The minimum absolute atomic E-state index is 0.314. The number of nitrogens with zero attached hydrogens (tertiary/aromatic N) is 1. The molecule has 0 aromatic rings. The van der Waals surface area contributed by atoms with Crippen molar-refractivity contribution in [2.24, 2.45) is 5.92 Å². The van der Waals surface area contributed by atoms with E-state index in [1.54, 1.807) is 11.8 Å². The molecule has 0 spiro atoms. The Balaban J connectivity index is 2.35. The molecule has 1 atom stereocenters. The van der Waals surface area contributed by atoms with Crippen LogP contribution in [-0.4, -0.2) is 35.9 Å². The van der Waals surface area contributed by atoms with Gasteiger partial charge in [0.15, 0.2) is 0 Å². The summed E-state index contributed by atoms with van der Waals surface area (Å²) in [6, 6.07) is 0. The van der Waals surface area contributed by atoms with Crippen molar-refractivity contribution in [2.75, 3.05) is 25.1 Å². The van der Waals surface area contributed by atoms with E-state index in [-0.39, 0.29) is 0 Å². The molecule has 70 valence electrons. The van der Waals surface area contributed by atoms with Gasteiger partial charge >= 0.3 is 0 Å². The lowest BCUT2D eigenvalue weighted by atomic mass is 10.0. The Morgan fingerprint density at radius 2 is 2.42 bits per heavy atom. The van der Waals surface area contributed by atoms with Crippen LogP contribution in [0.3, 0.4) is 0 Å². The Hall–Kier alpha value is -0.180. The van der Waals surface area contributed by atoms with Gasteiger partial charge in [0.2, 0.25) is 5.91 Å². The van der Waals surface area contributed by atoms with Crippen molar-refractivity contribution >= 4 is 17.7 Å². The van der Waals surface area contributed by atoms with Gasteiger partial charge in [0, 0.05) is 13.1 Å². The second-order valence-electron chi connectivity index (χ2n) is 3.52. The second kappa shape index (κ2) is 4.75. The SMILES string of the molecule is CSCC(=O)N1CCCC(C)C1. The molecule has 3 heteroatoms. The number of carbonyl (C=O) groups is 1. The van der Waals surface area contributed by atoms with Crippen molar-refractivity contribution in [3.8, 4) is 0 Å². The molecule has 1 aliphatic rings. The molecule has 1 unspecified atom stereocenters. The molecule has 1 heterocycles. The lowest BCUT2D eigenvalue weighted by Gasteiger charge is -2.30. The Labute approximate surface area is 78.7 Å². The minimum Gasteiger partial charge on any atom is -0.342 e. The highest BCUT2D eigenvalue weighted by molar-refractivity contribution is 7.99. The van der Waals surface area contributed by atoms with Gasteiger partial charge in [-0.1, -0.05) is 6.92 Å². The summed E-state index contributed by atoms with van der Waals surface area (Å²) >= 11 is 1.61. The van der Waals surface area contributed by atoms with Gasteiger partial charge in [-0.05, 0) is 25.0 Å². The van der Waals surface area contributed by atoms with Crippen molar-refractivity contribution in [1.29, 1.82) is 0 Å². The van der Waals surface area contributed by atoms with E-state index < -0.39 is 0 Å².